The summed E-state index contributed by atoms with van der Waals surface area (Å²) in [6.45, 7) is 6.95. The van der Waals surface area contributed by atoms with Gasteiger partial charge in [0.15, 0.2) is 0 Å². The highest BCUT2D eigenvalue weighted by Crippen LogP contribution is 1.98. The van der Waals surface area contributed by atoms with E-state index in [-0.39, 0.29) is 12.5 Å². The summed E-state index contributed by atoms with van der Waals surface area (Å²) in [5.41, 5.74) is 0. The van der Waals surface area contributed by atoms with Crippen molar-refractivity contribution in [3.8, 4) is 0 Å². The zero-order valence-corrected chi connectivity index (χ0v) is 18.2. The van der Waals surface area contributed by atoms with Gasteiger partial charge in [0.2, 0.25) is 5.91 Å². The summed E-state index contributed by atoms with van der Waals surface area (Å²) in [4.78, 5) is 21.5. The van der Waals surface area contributed by atoms with Crippen LogP contribution in [0.15, 0.2) is 0 Å². The van der Waals surface area contributed by atoms with Crippen molar-refractivity contribution < 1.29 is 43.1 Å². The molecule has 0 aliphatic carbocycles. The first-order chi connectivity index (χ1) is 14.7. The number of carbonyl (C=O) groups is 2. The van der Waals surface area contributed by atoms with Gasteiger partial charge in [-0.2, -0.15) is 0 Å². The summed E-state index contributed by atoms with van der Waals surface area (Å²) in [6, 6.07) is 0. The molecule has 0 aromatic heterocycles. The third kappa shape index (κ3) is 24.7. The maximum absolute atomic E-state index is 11.3. The predicted molar refractivity (Wildman–Crippen MR) is 110 cm³/mol. The minimum atomic E-state index is -1.11. The molecule has 0 saturated heterocycles. The first-order valence-corrected chi connectivity index (χ1v) is 10.6. The highest BCUT2D eigenvalue weighted by Gasteiger charge is 2.02. The van der Waals surface area contributed by atoms with E-state index in [0.29, 0.717) is 66.0 Å². The Bertz CT molecular complexity index is 396. The molecule has 0 aromatic carbocycles. The maximum Gasteiger partial charge on any atom is 0.329 e. The van der Waals surface area contributed by atoms with Gasteiger partial charge in [0.05, 0.1) is 59.5 Å². The highest BCUT2D eigenvalue weighted by atomic mass is 16.6. The average molecular weight is 438 g/mol. The molecule has 0 aliphatic heterocycles. The zero-order chi connectivity index (χ0) is 22.1. The molecule has 0 radical (unpaired) electrons. The fourth-order valence-electron chi connectivity index (χ4n) is 2.16. The number of nitrogens with one attached hydrogen (secondary N) is 1. The number of ether oxygens (including phenoxy) is 6. The Morgan fingerprint density at radius 2 is 1.13 bits per heavy atom. The summed E-state index contributed by atoms with van der Waals surface area (Å²) in [5.74, 6) is -1.49. The Morgan fingerprint density at radius 1 is 0.633 bits per heavy atom. The molecule has 30 heavy (non-hydrogen) atoms. The SMILES string of the molecule is CCCCCCOCCOCCOCCOCCOCCNC(=O)COCC(=O)O. The van der Waals surface area contributed by atoms with Gasteiger partial charge in [-0.3, -0.25) is 4.79 Å². The van der Waals surface area contributed by atoms with Crippen LogP contribution in [0.1, 0.15) is 32.6 Å². The van der Waals surface area contributed by atoms with E-state index in [1.165, 1.54) is 19.3 Å². The van der Waals surface area contributed by atoms with Crippen LogP contribution in [0.3, 0.4) is 0 Å². The van der Waals surface area contributed by atoms with Crippen LogP contribution in [-0.2, 0) is 38.0 Å². The van der Waals surface area contributed by atoms with Gasteiger partial charge in [-0.1, -0.05) is 26.2 Å². The zero-order valence-electron chi connectivity index (χ0n) is 18.2. The molecule has 0 rings (SSSR count). The van der Waals surface area contributed by atoms with Crippen molar-refractivity contribution >= 4 is 11.9 Å². The van der Waals surface area contributed by atoms with Gasteiger partial charge in [0.1, 0.15) is 13.2 Å². The Kier molecular flexibility index (Phi) is 22.9. The Morgan fingerprint density at radius 3 is 1.63 bits per heavy atom. The number of unbranched alkanes of at least 4 members (excludes halogenated alkanes) is 3. The van der Waals surface area contributed by atoms with Crippen LogP contribution in [0.2, 0.25) is 0 Å². The van der Waals surface area contributed by atoms with E-state index in [1.807, 2.05) is 0 Å². The van der Waals surface area contributed by atoms with Crippen LogP contribution in [0.5, 0.6) is 0 Å². The smallest absolute Gasteiger partial charge is 0.329 e. The molecule has 2 N–H and O–H groups in total. The summed E-state index contributed by atoms with van der Waals surface area (Å²) >= 11 is 0. The van der Waals surface area contributed by atoms with Gasteiger partial charge in [-0.15, -0.1) is 0 Å². The second-order valence-electron chi connectivity index (χ2n) is 6.36. The molecule has 1 amide bonds. The Labute approximate surface area is 179 Å². The molecule has 0 aliphatic rings. The third-order valence-electron chi connectivity index (χ3n) is 3.66. The number of carboxylic acids is 1. The number of carboxylic acid groups (broad SMARTS) is 1. The lowest BCUT2D eigenvalue weighted by atomic mass is 10.2. The lowest BCUT2D eigenvalue weighted by molar-refractivity contribution is -0.143. The number of hydrogen-bond donors (Lipinski definition) is 2. The molecule has 0 fully saturated rings. The van der Waals surface area contributed by atoms with Crippen molar-refractivity contribution in [1.29, 1.82) is 0 Å². The first kappa shape index (κ1) is 28.7. The molecule has 0 unspecified atom stereocenters. The fraction of sp³-hybridized carbons (Fsp3) is 0.900. The molecule has 0 bridgehead atoms. The molecule has 178 valence electrons. The third-order valence-corrected chi connectivity index (χ3v) is 3.66. The monoisotopic (exact) mass is 437 g/mol. The second-order valence-corrected chi connectivity index (χ2v) is 6.36. The van der Waals surface area contributed by atoms with Crippen LogP contribution < -0.4 is 5.32 Å². The van der Waals surface area contributed by atoms with Crippen LogP contribution >= 0.6 is 0 Å². The maximum atomic E-state index is 11.3. The van der Waals surface area contributed by atoms with E-state index >= 15 is 0 Å². The number of aliphatic carboxylic acids is 1. The van der Waals surface area contributed by atoms with E-state index in [4.69, 9.17) is 28.8 Å². The molecule has 0 saturated carbocycles. The quantitative estimate of drug-likeness (QED) is 0.212. The van der Waals surface area contributed by atoms with Gasteiger partial charge in [0, 0.05) is 13.2 Å². The summed E-state index contributed by atoms with van der Waals surface area (Å²) in [5, 5.41) is 10.9. The fourth-order valence-corrected chi connectivity index (χ4v) is 2.16. The molecule has 10 nitrogen and oxygen atoms in total. The van der Waals surface area contributed by atoms with Gasteiger partial charge >= 0.3 is 5.97 Å². The second kappa shape index (κ2) is 24.0. The first-order valence-electron chi connectivity index (χ1n) is 10.6. The van der Waals surface area contributed by atoms with Crippen LogP contribution in [-0.4, -0.2) is 103 Å². The highest BCUT2D eigenvalue weighted by molar-refractivity contribution is 5.77. The minimum Gasteiger partial charge on any atom is -0.480 e. The lowest BCUT2D eigenvalue weighted by Gasteiger charge is -2.08. The van der Waals surface area contributed by atoms with Crippen molar-refractivity contribution in [3.05, 3.63) is 0 Å². The van der Waals surface area contributed by atoms with Gasteiger partial charge < -0.3 is 38.8 Å². The molecular formula is C20H39NO9. The summed E-state index contributed by atoms with van der Waals surface area (Å²) in [6.07, 6.45) is 4.84. The van der Waals surface area contributed by atoms with Gasteiger partial charge in [-0.05, 0) is 6.42 Å². The van der Waals surface area contributed by atoms with Crippen molar-refractivity contribution in [1.82, 2.24) is 5.32 Å². The van der Waals surface area contributed by atoms with Crippen LogP contribution in [0.4, 0.5) is 0 Å². The Balaban J connectivity index is 3.09. The predicted octanol–water partition coefficient (Wildman–Crippen LogP) is 0.867. The lowest BCUT2D eigenvalue weighted by Crippen LogP contribution is -2.31. The van der Waals surface area contributed by atoms with Crippen molar-refractivity contribution in [3.63, 3.8) is 0 Å². The number of amides is 1. The number of rotatable bonds is 24. The van der Waals surface area contributed by atoms with E-state index in [9.17, 15) is 9.59 Å². The molecule has 0 spiro atoms. The normalized spacial score (nSPS) is 11.0. The number of carbonyl (C=O) groups excluding carboxylic acids is 1. The van der Waals surface area contributed by atoms with E-state index in [1.54, 1.807) is 0 Å². The largest absolute Gasteiger partial charge is 0.480 e. The van der Waals surface area contributed by atoms with Crippen molar-refractivity contribution in [2.45, 2.75) is 32.6 Å². The van der Waals surface area contributed by atoms with E-state index < -0.39 is 12.6 Å². The van der Waals surface area contributed by atoms with Gasteiger partial charge in [0.25, 0.3) is 0 Å². The van der Waals surface area contributed by atoms with Crippen LogP contribution in [0, 0.1) is 0 Å². The standard InChI is InChI=1S/C20H39NO9/c1-2-3-4-5-7-25-9-11-27-13-15-29-16-14-28-12-10-26-8-6-21-19(22)17-30-18-20(23)24/h2-18H2,1H3,(H,21,22)(H,23,24). The Hall–Kier alpha value is -1.30. The van der Waals surface area contributed by atoms with Crippen molar-refractivity contribution in [2.24, 2.45) is 0 Å². The topological polar surface area (TPSA) is 122 Å². The summed E-state index contributed by atoms with van der Waals surface area (Å²) in [7, 11) is 0. The van der Waals surface area contributed by atoms with Gasteiger partial charge in [-0.25, -0.2) is 4.79 Å². The summed E-state index contributed by atoms with van der Waals surface area (Å²) < 4.78 is 31.6. The van der Waals surface area contributed by atoms with E-state index in [0.717, 1.165) is 13.0 Å². The molecule has 0 heterocycles. The molecule has 0 aromatic rings. The minimum absolute atomic E-state index is 0.284. The van der Waals surface area contributed by atoms with Crippen molar-refractivity contribution in [2.75, 3.05) is 85.8 Å². The van der Waals surface area contributed by atoms with Crippen LogP contribution in [0.25, 0.3) is 0 Å². The molecule has 0 atom stereocenters. The number of hydrogen-bond acceptors (Lipinski definition) is 8. The van der Waals surface area contributed by atoms with E-state index in [2.05, 4.69) is 17.0 Å². The molecule has 10 heteroatoms. The molecular weight excluding hydrogens is 398 g/mol. The average Bonchev–Trinajstić information content (AvgIpc) is 2.72.